The van der Waals surface area contributed by atoms with Gasteiger partial charge in [0, 0.05) is 12.6 Å². The normalized spacial score (nSPS) is 11.9. The van der Waals surface area contributed by atoms with Crippen LogP contribution in [0, 0.1) is 12.7 Å². The van der Waals surface area contributed by atoms with Crippen LogP contribution < -0.4 is 10.9 Å². The zero-order chi connectivity index (χ0) is 24.6. The number of aromatic nitrogens is 4. The maximum Gasteiger partial charge on any atom is 0.358 e. The Labute approximate surface area is 199 Å². The number of aryl methyl sites for hydroxylation is 1. The minimum Gasteiger partial charge on any atom is -0.464 e. The average molecular weight is 482 g/mol. The number of carbonyl (C=O) groups excluding carboxylic acids is 1. The Kier molecular flexibility index (Phi) is 6.30. The minimum absolute atomic E-state index is 0.0406. The molecule has 8 nitrogen and oxygen atoms in total. The molecule has 4 rings (SSSR count). The summed E-state index contributed by atoms with van der Waals surface area (Å²) in [5.41, 5.74) is 2.63. The lowest BCUT2D eigenvalue weighted by molar-refractivity contribution is 0.0595. The Balaban J connectivity index is 1.87. The summed E-state index contributed by atoms with van der Waals surface area (Å²) in [6.07, 6.45) is 1.08. The summed E-state index contributed by atoms with van der Waals surface area (Å²) < 4.78 is 19.6. The van der Waals surface area contributed by atoms with E-state index in [1.165, 1.54) is 23.8 Å². The molecule has 0 saturated heterocycles. The van der Waals surface area contributed by atoms with Crippen molar-refractivity contribution in [3.63, 3.8) is 0 Å². The van der Waals surface area contributed by atoms with E-state index < -0.39 is 11.8 Å². The molecule has 0 spiro atoms. The highest BCUT2D eigenvalue weighted by Crippen LogP contribution is 2.29. The summed E-state index contributed by atoms with van der Waals surface area (Å²) in [6.45, 7) is 3.76. The van der Waals surface area contributed by atoms with Crippen LogP contribution in [-0.4, -0.2) is 32.6 Å². The largest absolute Gasteiger partial charge is 0.464 e. The molecule has 1 aromatic carbocycles. The first-order chi connectivity index (χ1) is 16.2. The van der Waals surface area contributed by atoms with Gasteiger partial charge >= 0.3 is 5.97 Å². The summed E-state index contributed by atoms with van der Waals surface area (Å²) in [4.78, 5) is 38.3. The van der Waals surface area contributed by atoms with E-state index in [-0.39, 0.29) is 22.4 Å². The number of methoxy groups -OCH3 is 1. The van der Waals surface area contributed by atoms with Gasteiger partial charge in [-0.15, -0.1) is 0 Å². The van der Waals surface area contributed by atoms with Gasteiger partial charge in [-0.3, -0.25) is 9.36 Å². The van der Waals surface area contributed by atoms with E-state index in [9.17, 15) is 14.0 Å². The zero-order valence-electron chi connectivity index (χ0n) is 18.9. The Bertz CT molecular complexity index is 1470. The maximum absolute atomic E-state index is 13.4. The Morgan fingerprint density at radius 2 is 1.97 bits per heavy atom. The highest BCUT2D eigenvalue weighted by Gasteiger charge is 2.21. The molecule has 4 aromatic rings. The van der Waals surface area contributed by atoms with E-state index in [2.05, 4.69) is 15.3 Å². The van der Waals surface area contributed by atoms with Crippen molar-refractivity contribution in [3.8, 4) is 11.5 Å². The van der Waals surface area contributed by atoms with Crippen molar-refractivity contribution < 1.29 is 13.9 Å². The van der Waals surface area contributed by atoms with Gasteiger partial charge in [-0.25, -0.2) is 24.1 Å². The van der Waals surface area contributed by atoms with Crippen molar-refractivity contribution in [1.82, 2.24) is 19.5 Å². The smallest absolute Gasteiger partial charge is 0.358 e. The van der Waals surface area contributed by atoms with Crippen LogP contribution in [0.3, 0.4) is 0 Å². The summed E-state index contributed by atoms with van der Waals surface area (Å²) in [6, 6.07) is 9.23. The van der Waals surface area contributed by atoms with Gasteiger partial charge in [0.15, 0.2) is 11.5 Å². The number of nitrogens with zero attached hydrogens (tertiary/aromatic N) is 4. The summed E-state index contributed by atoms with van der Waals surface area (Å²) in [7, 11) is 2.86. The maximum atomic E-state index is 13.4. The second-order valence-corrected chi connectivity index (χ2v) is 8.19. The van der Waals surface area contributed by atoms with Gasteiger partial charge in [-0.1, -0.05) is 17.7 Å². The van der Waals surface area contributed by atoms with E-state index in [0.29, 0.717) is 28.1 Å². The molecular weight excluding hydrogens is 461 g/mol. The number of pyridine rings is 2. The Hall–Kier alpha value is -3.85. The van der Waals surface area contributed by atoms with Crippen molar-refractivity contribution in [3.05, 3.63) is 80.7 Å². The summed E-state index contributed by atoms with van der Waals surface area (Å²) in [5.74, 6) is -0.817. The molecule has 0 saturated carbocycles. The predicted molar refractivity (Wildman–Crippen MR) is 128 cm³/mol. The molecule has 1 atom stereocenters. The molecule has 3 aromatic heterocycles. The Morgan fingerprint density at radius 1 is 1.21 bits per heavy atom. The molecule has 0 aliphatic rings. The lowest BCUT2D eigenvalue weighted by Crippen LogP contribution is -2.22. The van der Waals surface area contributed by atoms with Crippen LogP contribution in [0.25, 0.3) is 22.4 Å². The standard InChI is InChI=1S/C24H21ClFN5O3/c1-12-9-15(13(2)28-17-7-8-19(25)29-21(17)24(33)34-4)20-16(10-12)23(32)31(3)22(30-20)18-6-5-14(26)11-27-18/h5-11,13,28H,1-4H3/t13-/m1/s1. The first-order valence-corrected chi connectivity index (χ1v) is 10.7. The second kappa shape index (κ2) is 9.18. The highest BCUT2D eigenvalue weighted by atomic mass is 35.5. The Morgan fingerprint density at radius 3 is 2.65 bits per heavy atom. The highest BCUT2D eigenvalue weighted by molar-refractivity contribution is 6.29. The SMILES string of the molecule is COC(=O)c1nc(Cl)ccc1N[C@H](C)c1cc(C)cc2c(=O)n(C)c(-c3ccc(F)cn3)nc12. The van der Waals surface area contributed by atoms with E-state index in [0.717, 1.165) is 17.3 Å². The fraction of sp³-hybridized carbons (Fsp3) is 0.208. The number of rotatable bonds is 5. The topological polar surface area (TPSA) is 99.0 Å². The number of halogens is 2. The van der Waals surface area contributed by atoms with Gasteiger partial charge in [0.05, 0.1) is 35.9 Å². The number of hydrogen-bond acceptors (Lipinski definition) is 7. The molecule has 10 heteroatoms. The number of hydrogen-bond donors (Lipinski definition) is 1. The molecule has 0 bridgehead atoms. The average Bonchev–Trinajstić information content (AvgIpc) is 2.82. The molecule has 0 unspecified atom stereocenters. The quantitative estimate of drug-likeness (QED) is 0.332. The lowest BCUT2D eigenvalue weighted by Gasteiger charge is -2.20. The molecule has 3 heterocycles. The molecule has 174 valence electrons. The van der Waals surface area contributed by atoms with Crippen LogP contribution in [-0.2, 0) is 11.8 Å². The molecule has 0 radical (unpaired) electrons. The number of carbonyl (C=O) groups is 1. The molecule has 0 aliphatic carbocycles. The van der Waals surface area contributed by atoms with Gasteiger partial charge in [0.2, 0.25) is 0 Å². The van der Waals surface area contributed by atoms with Crippen LogP contribution in [0.4, 0.5) is 10.1 Å². The van der Waals surface area contributed by atoms with Crippen LogP contribution >= 0.6 is 11.6 Å². The number of ether oxygens (including phenoxy) is 1. The third-order valence-corrected chi connectivity index (χ3v) is 5.60. The molecule has 0 aliphatic heterocycles. The van der Waals surface area contributed by atoms with E-state index in [4.69, 9.17) is 21.3 Å². The predicted octanol–water partition coefficient (Wildman–Crippen LogP) is 4.45. The molecule has 1 N–H and O–H groups in total. The third-order valence-electron chi connectivity index (χ3n) is 5.39. The minimum atomic E-state index is -0.636. The molecule has 34 heavy (non-hydrogen) atoms. The fourth-order valence-corrected chi connectivity index (χ4v) is 3.88. The van der Waals surface area contributed by atoms with Gasteiger partial charge in [-0.05, 0) is 49.7 Å². The second-order valence-electron chi connectivity index (χ2n) is 7.80. The number of benzene rings is 1. The summed E-state index contributed by atoms with van der Waals surface area (Å²) in [5, 5.41) is 3.84. The van der Waals surface area contributed by atoms with Crippen LogP contribution in [0.2, 0.25) is 5.15 Å². The van der Waals surface area contributed by atoms with Gasteiger partial charge in [0.25, 0.3) is 5.56 Å². The lowest BCUT2D eigenvalue weighted by atomic mass is 10.0. The van der Waals surface area contributed by atoms with E-state index in [1.807, 2.05) is 19.9 Å². The van der Waals surface area contributed by atoms with Crippen molar-refractivity contribution in [1.29, 1.82) is 0 Å². The van der Waals surface area contributed by atoms with Crippen molar-refractivity contribution >= 4 is 34.2 Å². The van der Waals surface area contributed by atoms with E-state index in [1.54, 1.807) is 25.2 Å². The molecule has 0 amide bonds. The van der Waals surface area contributed by atoms with Gasteiger partial charge in [-0.2, -0.15) is 0 Å². The van der Waals surface area contributed by atoms with Crippen molar-refractivity contribution in [2.24, 2.45) is 7.05 Å². The molecule has 0 fully saturated rings. The monoisotopic (exact) mass is 481 g/mol. The van der Waals surface area contributed by atoms with Crippen LogP contribution in [0.1, 0.15) is 34.6 Å². The van der Waals surface area contributed by atoms with Crippen LogP contribution in [0.15, 0.2) is 47.4 Å². The first kappa shape index (κ1) is 23.3. The van der Waals surface area contributed by atoms with Crippen molar-refractivity contribution in [2.75, 3.05) is 12.4 Å². The van der Waals surface area contributed by atoms with Crippen molar-refractivity contribution in [2.45, 2.75) is 19.9 Å². The first-order valence-electron chi connectivity index (χ1n) is 10.3. The van der Waals surface area contributed by atoms with Gasteiger partial charge in [0.1, 0.15) is 16.7 Å². The number of esters is 1. The fourth-order valence-electron chi connectivity index (χ4n) is 3.73. The zero-order valence-corrected chi connectivity index (χ0v) is 19.6. The third kappa shape index (κ3) is 4.34. The summed E-state index contributed by atoms with van der Waals surface area (Å²) >= 11 is 5.96. The van der Waals surface area contributed by atoms with E-state index >= 15 is 0 Å². The number of fused-ring (bicyclic) bond motifs is 1. The molecular formula is C24H21ClFN5O3. The number of nitrogens with one attached hydrogen (secondary N) is 1. The number of anilines is 1. The van der Waals surface area contributed by atoms with Crippen LogP contribution in [0.5, 0.6) is 0 Å². The van der Waals surface area contributed by atoms with Gasteiger partial charge < -0.3 is 10.1 Å².